The third-order valence-electron chi connectivity index (χ3n) is 4.64. The molecule has 1 N–H and O–H groups in total. The second-order valence-corrected chi connectivity index (χ2v) is 5.80. The standard InChI is InChI=1S/C16H29NO/c1-3-18-16(12-8-9-13-16)15(17-2)14-10-6-4-5-7-11-14/h10,15,17H,3-9,11-13H2,1-2H3. The van der Waals surface area contributed by atoms with Crippen LogP contribution in [0.3, 0.4) is 0 Å². The molecule has 104 valence electrons. The number of likely N-dealkylation sites (N-methyl/N-ethyl adjacent to an activating group) is 1. The van der Waals surface area contributed by atoms with Gasteiger partial charge in [0, 0.05) is 6.61 Å². The molecule has 0 radical (unpaired) electrons. The minimum atomic E-state index is 0.0830. The highest BCUT2D eigenvalue weighted by atomic mass is 16.5. The third-order valence-corrected chi connectivity index (χ3v) is 4.64. The first-order valence-electron chi connectivity index (χ1n) is 7.82. The third kappa shape index (κ3) is 2.97. The Bertz CT molecular complexity index is 279. The van der Waals surface area contributed by atoms with Crippen LogP contribution in [0, 0.1) is 0 Å². The van der Waals surface area contributed by atoms with Gasteiger partial charge in [0.05, 0.1) is 11.6 Å². The molecular weight excluding hydrogens is 222 g/mol. The zero-order valence-electron chi connectivity index (χ0n) is 12.1. The molecule has 0 aromatic rings. The van der Waals surface area contributed by atoms with E-state index in [2.05, 4.69) is 25.4 Å². The zero-order valence-corrected chi connectivity index (χ0v) is 12.1. The Morgan fingerprint density at radius 1 is 1.22 bits per heavy atom. The molecule has 0 spiro atoms. The summed E-state index contributed by atoms with van der Waals surface area (Å²) >= 11 is 0. The molecule has 0 aliphatic heterocycles. The summed E-state index contributed by atoms with van der Waals surface area (Å²) in [4.78, 5) is 0. The molecule has 1 atom stereocenters. The van der Waals surface area contributed by atoms with Gasteiger partial charge in [0.25, 0.3) is 0 Å². The molecule has 0 aromatic carbocycles. The van der Waals surface area contributed by atoms with Crippen LogP contribution in [0.2, 0.25) is 0 Å². The molecule has 2 aliphatic rings. The van der Waals surface area contributed by atoms with E-state index < -0.39 is 0 Å². The van der Waals surface area contributed by atoms with Crippen LogP contribution < -0.4 is 5.32 Å². The van der Waals surface area contributed by atoms with Crippen molar-refractivity contribution in [2.75, 3.05) is 13.7 Å². The second kappa shape index (κ2) is 6.72. The quantitative estimate of drug-likeness (QED) is 0.750. The molecule has 2 nitrogen and oxygen atoms in total. The van der Waals surface area contributed by atoms with E-state index in [1.54, 1.807) is 5.57 Å². The maximum Gasteiger partial charge on any atom is 0.0872 e. The van der Waals surface area contributed by atoms with Crippen LogP contribution in [0.25, 0.3) is 0 Å². The van der Waals surface area contributed by atoms with Gasteiger partial charge in [0.15, 0.2) is 0 Å². The highest BCUT2D eigenvalue weighted by Gasteiger charge is 2.42. The molecule has 18 heavy (non-hydrogen) atoms. The smallest absolute Gasteiger partial charge is 0.0872 e. The van der Waals surface area contributed by atoms with Crippen molar-refractivity contribution >= 4 is 0 Å². The van der Waals surface area contributed by atoms with Crippen molar-refractivity contribution in [2.45, 2.75) is 76.4 Å². The molecule has 0 bridgehead atoms. The van der Waals surface area contributed by atoms with Gasteiger partial charge >= 0.3 is 0 Å². The summed E-state index contributed by atoms with van der Waals surface area (Å²) < 4.78 is 6.23. The summed E-state index contributed by atoms with van der Waals surface area (Å²) in [6, 6.07) is 0.443. The lowest BCUT2D eigenvalue weighted by molar-refractivity contribution is -0.0520. The van der Waals surface area contributed by atoms with Crippen molar-refractivity contribution in [3.63, 3.8) is 0 Å². The van der Waals surface area contributed by atoms with Gasteiger partial charge in [-0.05, 0) is 52.5 Å². The Morgan fingerprint density at radius 3 is 2.67 bits per heavy atom. The van der Waals surface area contributed by atoms with E-state index in [-0.39, 0.29) is 5.60 Å². The van der Waals surface area contributed by atoms with Crippen molar-refractivity contribution in [2.24, 2.45) is 0 Å². The van der Waals surface area contributed by atoms with Crippen LogP contribution >= 0.6 is 0 Å². The summed E-state index contributed by atoms with van der Waals surface area (Å²) in [5, 5.41) is 3.57. The van der Waals surface area contributed by atoms with Gasteiger partial charge in [-0.1, -0.05) is 30.9 Å². The molecule has 1 fully saturated rings. The van der Waals surface area contributed by atoms with E-state index in [1.165, 1.54) is 57.8 Å². The van der Waals surface area contributed by atoms with E-state index in [0.717, 1.165) is 6.61 Å². The molecule has 2 rings (SSSR count). The van der Waals surface area contributed by atoms with Crippen molar-refractivity contribution in [3.8, 4) is 0 Å². The largest absolute Gasteiger partial charge is 0.373 e. The first kappa shape index (κ1) is 14.1. The predicted molar refractivity (Wildman–Crippen MR) is 76.8 cm³/mol. The Balaban J connectivity index is 2.16. The summed E-state index contributed by atoms with van der Waals surface area (Å²) in [6.07, 6.45) is 14.2. The number of hydrogen-bond acceptors (Lipinski definition) is 2. The molecule has 1 unspecified atom stereocenters. The predicted octanol–water partition coefficient (Wildman–Crippen LogP) is 3.81. The van der Waals surface area contributed by atoms with Crippen LogP contribution in [0.15, 0.2) is 11.6 Å². The number of ether oxygens (including phenoxy) is 1. The number of rotatable bonds is 5. The number of nitrogens with one attached hydrogen (secondary N) is 1. The molecule has 2 aliphatic carbocycles. The fourth-order valence-electron chi connectivity index (χ4n) is 3.87. The maximum absolute atomic E-state index is 6.23. The molecule has 2 heteroatoms. The fourth-order valence-corrected chi connectivity index (χ4v) is 3.87. The average molecular weight is 251 g/mol. The highest BCUT2D eigenvalue weighted by Crippen LogP contribution is 2.40. The first-order chi connectivity index (χ1) is 8.82. The van der Waals surface area contributed by atoms with Gasteiger partial charge in [-0.2, -0.15) is 0 Å². The second-order valence-electron chi connectivity index (χ2n) is 5.80. The van der Waals surface area contributed by atoms with Gasteiger partial charge in [0.2, 0.25) is 0 Å². The first-order valence-corrected chi connectivity index (χ1v) is 7.82. The molecule has 0 amide bonds. The van der Waals surface area contributed by atoms with Crippen LogP contribution in [-0.4, -0.2) is 25.3 Å². The van der Waals surface area contributed by atoms with E-state index in [9.17, 15) is 0 Å². The van der Waals surface area contributed by atoms with Crippen molar-refractivity contribution in [1.82, 2.24) is 5.32 Å². The molecule has 0 saturated heterocycles. The minimum absolute atomic E-state index is 0.0830. The average Bonchev–Trinajstić information content (AvgIpc) is 2.68. The Labute approximate surface area is 112 Å². The molecule has 0 heterocycles. The normalized spacial score (nSPS) is 25.6. The van der Waals surface area contributed by atoms with Crippen molar-refractivity contribution in [1.29, 1.82) is 0 Å². The fraction of sp³-hybridized carbons (Fsp3) is 0.875. The summed E-state index contributed by atoms with van der Waals surface area (Å²) in [5.74, 6) is 0. The van der Waals surface area contributed by atoms with E-state index in [1.807, 2.05) is 0 Å². The zero-order chi connectivity index (χ0) is 12.8. The van der Waals surface area contributed by atoms with E-state index in [4.69, 9.17) is 4.74 Å². The SMILES string of the molecule is CCOC1(C(NC)C2=CCCCCC2)CCCC1. The summed E-state index contributed by atoms with van der Waals surface area (Å²) in [5.41, 5.74) is 1.70. The Kier molecular flexibility index (Phi) is 5.25. The van der Waals surface area contributed by atoms with Gasteiger partial charge in [0.1, 0.15) is 0 Å². The number of hydrogen-bond donors (Lipinski definition) is 1. The highest BCUT2D eigenvalue weighted by molar-refractivity contribution is 5.19. The minimum Gasteiger partial charge on any atom is -0.373 e. The lowest BCUT2D eigenvalue weighted by Crippen LogP contribution is -2.51. The van der Waals surface area contributed by atoms with Crippen LogP contribution in [-0.2, 0) is 4.74 Å². The van der Waals surface area contributed by atoms with E-state index >= 15 is 0 Å². The van der Waals surface area contributed by atoms with Gasteiger partial charge in [-0.25, -0.2) is 0 Å². The molecule has 1 saturated carbocycles. The molecule has 0 aromatic heterocycles. The Hall–Kier alpha value is -0.340. The van der Waals surface area contributed by atoms with Crippen molar-refractivity contribution in [3.05, 3.63) is 11.6 Å². The van der Waals surface area contributed by atoms with Crippen LogP contribution in [0.4, 0.5) is 0 Å². The Morgan fingerprint density at radius 2 is 2.00 bits per heavy atom. The lowest BCUT2D eigenvalue weighted by Gasteiger charge is -2.39. The van der Waals surface area contributed by atoms with Gasteiger partial charge < -0.3 is 10.1 Å². The van der Waals surface area contributed by atoms with Crippen LogP contribution in [0.1, 0.15) is 64.7 Å². The topological polar surface area (TPSA) is 21.3 Å². The van der Waals surface area contributed by atoms with Crippen LogP contribution in [0.5, 0.6) is 0 Å². The molecular formula is C16H29NO. The maximum atomic E-state index is 6.23. The summed E-state index contributed by atoms with van der Waals surface area (Å²) in [7, 11) is 2.11. The summed E-state index contributed by atoms with van der Waals surface area (Å²) in [6.45, 7) is 2.97. The van der Waals surface area contributed by atoms with Crippen molar-refractivity contribution < 1.29 is 4.74 Å². The van der Waals surface area contributed by atoms with Gasteiger partial charge in [-0.15, -0.1) is 0 Å². The van der Waals surface area contributed by atoms with E-state index in [0.29, 0.717) is 6.04 Å². The van der Waals surface area contributed by atoms with Gasteiger partial charge in [-0.3, -0.25) is 0 Å². The number of allylic oxidation sites excluding steroid dienone is 1. The monoisotopic (exact) mass is 251 g/mol. The lowest BCUT2D eigenvalue weighted by atomic mass is 9.84.